The van der Waals surface area contributed by atoms with Crippen LogP contribution >= 0.6 is 11.8 Å². The summed E-state index contributed by atoms with van der Waals surface area (Å²) in [5.74, 6) is 0.422. The van der Waals surface area contributed by atoms with E-state index < -0.39 is 11.5 Å². The average molecular weight is 217 g/mol. The van der Waals surface area contributed by atoms with Gasteiger partial charge in [-0.25, -0.2) is 4.79 Å². The molecule has 0 radical (unpaired) electrons. The van der Waals surface area contributed by atoms with Crippen molar-refractivity contribution in [3.63, 3.8) is 0 Å². The predicted molar refractivity (Wildman–Crippen MR) is 55.3 cm³/mol. The Bertz CT molecular complexity index is 236. The van der Waals surface area contributed by atoms with Crippen molar-refractivity contribution >= 4 is 24.1 Å². The SMILES string of the molecule is CC(C)N(C=O)C1(C(=O)O)CCSC1. The van der Waals surface area contributed by atoms with Gasteiger partial charge in [-0.3, -0.25) is 4.79 Å². The highest BCUT2D eigenvalue weighted by Crippen LogP contribution is 2.34. The molecular weight excluding hydrogens is 202 g/mol. The van der Waals surface area contributed by atoms with E-state index in [2.05, 4.69) is 0 Å². The minimum atomic E-state index is -0.972. The molecule has 1 saturated heterocycles. The summed E-state index contributed by atoms with van der Waals surface area (Å²) in [6.07, 6.45) is 1.20. The van der Waals surface area contributed by atoms with E-state index in [1.54, 1.807) is 11.8 Å². The Morgan fingerprint density at radius 2 is 2.29 bits per heavy atom. The van der Waals surface area contributed by atoms with Gasteiger partial charge in [-0.15, -0.1) is 0 Å². The van der Waals surface area contributed by atoms with Gasteiger partial charge < -0.3 is 10.0 Å². The van der Waals surface area contributed by atoms with E-state index in [4.69, 9.17) is 0 Å². The number of hydrogen-bond donors (Lipinski definition) is 1. The molecule has 0 saturated carbocycles. The monoisotopic (exact) mass is 217 g/mol. The van der Waals surface area contributed by atoms with Crippen molar-refractivity contribution in [1.82, 2.24) is 4.90 Å². The number of hydrogen-bond acceptors (Lipinski definition) is 3. The highest BCUT2D eigenvalue weighted by Gasteiger charge is 2.47. The first-order valence-electron chi connectivity index (χ1n) is 4.59. The summed E-state index contributed by atoms with van der Waals surface area (Å²) in [7, 11) is 0. The van der Waals surface area contributed by atoms with Gasteiger partial charge in [0.2, 0.25) is 6.41 Å². The minimum absolute atomic E-state index is 0.0673. The Labute approximate surface area is 87.7 Å². The number of thioether (sulfide) groups is 1. The van der Waals surface area contributed by atoms with Crippen molar-refractivity contribution in [2.75, 3.05) is 11.5 Å². The van der Waals surface area contributed by atoms with E-state index in [1.165, 1.54) is 4.90 Å². The van der Waals surface area contributed by atoms with Crippen molar-refractivity contribution in [3.8, 4) is 0 Å². The quantitative estimate of drug-likeness (QED) is 0.708. The van der Waals surface area contributed by atoms with Gasteiger partial charge in [0.15, 0.2) is 0 Å². The second kappa shape index (κ2) is 4.21. The molecule has 4 nitrogen and oxygen atoms in total. The van der Waals surface area contributed by atoms with E-state index in [1.807, 2.05) is 13.8 Å². The first kappa shape index (κ1) is 11.4. The highest BCUT2D eigenvalue weighted by molar-refractivity contribution is 7.99. The molecule has 0 spiro atoms. The molecule has 1 aliphatic heterocycles. The lowest BCUT2D eigenvalue weighted by Gasteiger charge is -2.37. The number of carboxylic acid groups (broad SMARTS) is 1. The first-order chi connectivity index (χ1) is 6.54. The molecule has 5 heteroatoms. The van der Waals surface area contributed by atoms with Crippen molar-refractivity contribution in [2.45, 2.75) is 31.8 Å². The lowest BCUT2D eigenvalue weighted by molar-refractivity contribution is -0.155. The van der Waals surface area contributed by atoms with Crippen LogP contribution in [0.15, 0.2) is 0 Å². The van der Waals surface area contributed by atoms with Gasteiger partial charge >= 0.3 is 5.97 Å². The molecule has 0 bridgehead atoms. The number of carbonyl (C=O) groups excluding carboxylic acids is 1. The lowest BCUT2D eigenvalue weighted by atomic mass is 9.95. The second-order valence-corrected chi connectivity index (χ2v) is 4.85. The van der Waals surface area contributed by atoms with E-state index >= 15 is 0 Å². The van der Waals surface area contributed by atoms with E-state index in [9.17, 15) is 14.7 Å². The lowest BCUT2D eigenvalue weighted by Crippen LogP contribution is -2.57. The molecule has 1 fully saturated rings. The molecule has 1 aliphatic rings. The van der Waals surface area contributed by atoms with Crippen molar-refractivity contribution < 1.29 is 14.7 Å². The molecular formula is C9H15NO3S. The summed E-state index contributed by atoms with van der Waals surface area (Å²) in [5.41, 5.74) is -0.972. The third-order valence-electron chi connectivity index (χ3n) is 2.56. The summed E-state index contributed by atoms with van der Waals surface area (Å²) in [5, 5.41) is 9.20. The Hall–Kier alpha value is -0.710. The molecule has 1 amide bonds. The van der Waals surface area contributed by atoms with Gasteiger partial charge in [0.25, 0.3) is 0 Å². The number of rotatable bonds is 4. The summed E-state index contributed by atoms with van der Waals surface area (Å²) in [6, 6.07) is -0.0673. The molecule has 80 valence electrons. The molecule has 1 rings (SSSR count). The number of amides is 1. The zero-order valence-electron chi connectivity index (χ0n) is 8.40. The van der Waals surface area contributed by atoms with Gasteiger partial charge in [-0.05, 0) is 26.0 Å². The second-order valence-electron chi connectivity index (χ2n) is 3.75. The van der Waals surface area contributed by atoms with E-state index in [0.29, 0.717) is 18.6 Å². The zero-order chi connectivity index (χ0) is 10.8. The number of aliphatic carboxylic acids is 1. The molecule has 1 atom stereocenters. The van der Waals surface area contributed by atoms with E-state index in [0.717, 1.165) is 5.75 Å². The standard InChI is InChI=1S/C9H15NO3S/c1-7(2)10(6-11)9(8(12)13)3-4-14-5-9/h6-7H,3-5H2,1-2H3,(H,12,13). The molecule has 0 aromatic rings. The maximum atomic E-state index is 11.2. The first-order valence-corrected chi connectivity index (χ1v) is 5.75. The van der Waals surface area contributed by atoms with Crippen molar-refractivity contribution in [2.24, 2.45) is 0 Å². The summed E-state index contributed by atoms with van der Waals surface area (Å²) >= 11 is 1.59. The maximum Gasteiger partial charge on any atom is 0.330 e. The third-order valence-corrected chi connectivity index (χ3v) is 3.74. The van der Waals surface area contributed by atoms with Crippen LogP contribution in [-0.2, 0) is 9.59 Å². The average Bonchev–Trinajstić information content (AvgIpc) is 2.54. The van der Waals surface area contributed by atoms with Crippen LogP contribution in [0.1, 0.15) is 20.3 Å². The van der Waals surface area contributed by atoms with Gasteiger partial charge in [-0.1, -0.05) is 0 Å². The van der Waals surface area contributed by atoms with Crippen LogP contribution in [-0.4, -0.2) is 45.5 Å². The fraction of sp³-hybridized carbons (Fsp3) is 0.778. The summed E-state index contributed by atoms with van der Waals surface area (Å²) < 4.78 is 0. The molecule has 1 N–H and O–H groups in total. The number of carboxylic acids is 1. The Morgan fingerprint density at radius 1 is 1.64 bits per heavy atom. The van der Waals surface area contributed by atoms with E-state index in [-0.39, 0.29) is 6.04 Å². The molecule has 1 unspecified atom stereocenters. The molecule has 1 heterocycles. The third kappa shape index (κ3) is 1.73. The van der Waals surface area contributed by atoms with Crippen molar-refractivity contribution in [3.05, 3.63) is 0 Å². The minimum Gasteiger partial charge on any atom is -0.479 e. The topological polar surface area (TPSA) is 57.6 Å². The van der Waals surface area contributed by atoms with Crippen LogP contribution in [0.2, 0.25) is 0 Å². The van der Waals surface area contributed by atoms with Crippen molar-refractivity contribution in [1.29, 1.82) is 0 Å². The Balaban J connectivity index is 2.96. The number of nitrogens with zero attached hydrogens (tertiary/aromatic N) is 1. The number of carbonyl (C=O) groups is 2. The molecule has 14 heavy (non-hydrogen) atoms. The fourth-order valence-corrected chi connectivity index (χ4v) is 3.13. The van der Waals surface area contributed by atoms with Crippen LogP contribution in [0.3, 0.4) is 0 Å². The van der Waals surface area contributed by atoms with Gasteiger partial charge in [0, 0.05) is 11.8 Å². The van der Waals surface area contributed by atoms with Crippen LogP contribution in [0.5, 0.6) is 0 Å². The Kier molecular flexibility index (Phi) is 3.42. The van der Waals surface area contributed by atoms with Crippen LogP contribution in [0, 0.1) is 0 Å². The summed E-state index contributed by atoms with van der Waals surface area (Å²) in [6.45, 7) is 3.67. The van der Waals surface area contributed by atoms with Gasteiger partial charge in [0.05, 0.1) is 0 Å². The maximum absolute atomic E-state index is 11.2. The smallest absolute Gasteiger partial charge is 0.330 e. The molecule has 0 aromatic heterocycles. The molecule has 0 aromatic carbocycles. The zero-order valence-corrected chi connectivity index (χ0v) is 9.21. The highest BCUT2D eigenvalue weighted by atomic mass is 32.2. The summed E-state index contributed by atoms with van der Waals surface area (Å²) in [4.78, 5) is 23.5. The van der Waals surface area contributed by atoms with Crippen LogP contribution in [0.25, 0.3) is 0 Å². The fourth-order valence-electron chi connectivity index (χ4n) is 1.75. The van der Waals surface area contributed by atoms with Gasteiger partial charge in [0.1, 0.15) is 5.54 Å². The largest absolute Gasteiger partial charge is 0.479 e. The molecule has 0 aliphatic carbocycles. The van der Waals surface area contributed by atoms with Gasteiger partial charge in [-0.2, -0.15) is 11.8 Å². The van der Waals surface area contributed by atoms with Crippen LogP contribution in [0.4, 0.5) is 0 Å². The normalized spacial score (nSPS) is 26.5. The Morgan fingerprint density at radius 3 is 2.57 bits per heavy atom. The predicted octanol–water partition coefficient (Wildman–Crippen LogP) is 0.813. The van der Waals surface area contributed by atoms with Crippen LogP contribution < -0.4 is 0 Å².